The predicted octanol–water partition coefficient (Wildman–Crippen LogP) is 4.32. The highest BCUT2D eigenvalue weighted by molar-refractivity contribution is 6.52. The lowest BCUT2D eigenvalue weighted by molar-refractivity contribution is 0.0816. The Hall–Kier alpha value is -5.64. The van der Waals surface area contributed by atoms with Gasteiger partial charge in [-0.1, -0.05) is 24.3 Å². The van der Waals surface area contributed by atoms with Gasteiger partial charge in [0.2, 0.25) is 23.1 Å². The fraction of sp³-hybridized carbons (Fsp3) is 0.0667. The minimum absolute atomic E-state index is 0.0986. The average Bonchev–Trinajstić information content (AvgIpc) is 2.95. The number of methoxy groups -OCH3 is 2. The van der Waals surface area contributed by atoms with Crippen LogP contribution in [0.25, 0.3) is 11.1 Å². The number of ether oxygens (including phenoxy) is 2. The third-order valence-electron chi connectivity index (χ3n) is 6.05. The molecule has 10 nitrogen and oxygen atoms in total. The van der Waals surface area contributed by atoms with Gasteiger partial charge in [-0.2, -0.15) is 0 Å². The number of ketones is 4. The van der Waals surface area contributed by atoms with E-state index in [0.717, 1.165) is 24.3 Å². The van der Waals surface area contributed by atoms with Gasteiger partial charge >= 0.3 is 0 Å². The van der Waals surface area contributed by atoms with Crippen molar-refractivity contribution in [3.05, 3.63) is 95.1 Å². The summed E-state index contributed by atoms with van der Waals surface area (Å²) < 4.78 is 10.3. The number of hydrogen-bond donors (Lipinski definition) is 4. The summed E-state index contributed by atoms with van der Waals surface area (Å²) in [6.07, 6.45) is 0. The van der Waals surface area contributed by atoms with Crippen LogP contribution in [-0.2, 0) is 0 Å². The Morgan fingerprint density at radius 3 is 1.23 bits per heavy atom. The van der Waals surface area contributed by atoms with Crippen LogP contribution >= 0.6 is 0 Å². The fourth-order valence-corrected chi connectivity index (χ4v) is 4.09. The monoisotopic (exact) mass is 542 g/mol. The number of hydrogen-bond acceptors (Lipinski definition) is 10. The van der Waals surface area contributed by atoms with Crippen LogP contribution in [0, 0.1) is 0 Å². The van der Waals surface area contributed by atoms with E-state index < -0.39 is 34.6 Å². The summed E-state index contributed by atoms with van der Waals surface area (Å²) in [6.45, 7) is 0. The summed E-state index contributed by atoms with van der Waals surface area (Å²) >= 11 is 0. The lowest BCUT2D eigenvalue weighted by Crippen LogP contribution is -2.18. The molecular weight excluding hydrogens is 520 g/mol. The molecule has 4 rings (SSSR count). The lowest BCUT2D eigenvalue weighted by atomic mass is 9.87. The van der Waals surface area contributed by atoms with Crippen molar-refractivity contribution in [1.82, 2.24) is 0 Å². The smallest absolute Gasteiger partial charge is 0.234 e. The summed E-state index contributed by atoms with van der Waals surface area (Å²) in [7, 11) is 2.49. The molecule has 0 aliphatic heterocycles. The largest absolute Gasteiger partial charge is 0.508 e. The Balaban J connectivity index is 1.95. The maximum atomic E-state index is 13.5. The van der Waals surface area contributed by atoms with Crippen molar-refractivity contribution in [3.63, 3.8) is 0 Å². The van der Waals surface area contributed by atoms with Crippen LogP contribution < -0.4 is 9.47 Å². The van der Waals surface area contributed by atoms with Gasteiger partial charge in [-0.15, -0.1) is 0 Å². The van der Waals surface area contributed by atoms with E-state index >= 15 is 0 Å². The van der Waals surface area contributed by atoms with Crippen LogP contribution in [0.1, 0.15) is 41.4 Å². The molecule has 0 amide bonds. The second-order valence-corrected chi connectivity index (χ2v) is 8.56. The maximum absolute atomic E-state index is 13.5. The van der Waals surface area contributed by atoms with Crippen LogP contribution in [0.4, 0.5) is 0 Å². The quantitative estimate of drug-likeness (QED) is 0.177. The Labute approximate surface area is 227 Å². The molecule has 0 aromatic heterocycles. The number of carbonyl (C=O) groups is 4. The predicted molar refractivity (Wildman–Crippen MR) is 142 cm³/mol. The van der Waals surface area contributed by atoms with Gasteiger partial charge in [0.25, 0.3) is 0 Å². The fourth-order valence-electron chi connectivity index (χ4n) is 4.09. The second-order valence-electron chi connectivity index (χ2n) is 8.56. The summed E-state index contributed by atoms with van der Waals surface area (Å²) in [4.78, 5) is 53.1. The van der Waals surface area contributed by atoms with Gasteiger partial charge in [0, 0.05) is 22.3 Å². The van der Waals surface area contributed by atoms with Crippen LogP contribution in [0.5, 0.6) is 34.5 Å². The van der Waals surface area contributed by atoms with Gasteiger partial charge in [-0.3, -0.25) is 19.2 Å². The molecule has 10 heteroatoms. The lowest BCUT2D eigenvalue weighted by Gasteiger charge is -2.17. The summed E-state index contributed by atoms with van der Waals surface area (Å²) in [6, 6.07) is 14.5. The minimum atomic E-state index is -1.11. The zero-order valence-electron chi connectivity index (χ0n) is 21.2. The Morgan fingerprint density at radius 2 is 0.900 bits per heavy atom. The summed E-state index contributed by atoms with van der Waals surface area (Å²) in [5.41, 5.74) is -1.19. The Kier molecular flexibility index (Phi) is 7.53. The minimum Gasteiger partial charge on any atom is -0.508 e. The third kappa shape index (κ3) is 5.18. The molecule has 40 heavy (non-hydrogen) atoms. The highest BCUT2D eigenvalue weighted by atomic mass is 16.5. The zero-order valence-corrected chi connectivity index (χ0v) is 21.2. The van der Waals surface area contributed by atoms with Crippen LogP contribution in [0.15, 0.2) is 72.8 Å². The highest BCUT2D eigenvalue weighted by Gasteiger charge is 2.29. The molecule has 0 saturated carbocycles. The molecule has 0 bridgehead atoms. The first-order valence-electron chi connectivity index (χ1n) is 11.6. The second kappa shape index (κ2) is 11.0. The van der Waals surface area contributed by atoms with Gasteiger partial charge in [0.05, 0.1) is 14.2 Å². The molecule has 4 aromatic carbocycles. The van der Waals surface area contributed by atoms with E-state index in [4.69, 9.17) is 9.47 Å². The van der Waals surface area contributed by atoms with E-state index in [1.165, 1.54) is 62.8 Å². The number of phenolic OH excluding ortho intramolecular Hbond substituents is 4. The average molecular weight is 542 g/mol. The van der Waals surface area contributed by atoms with Crippen molar-refractivity contribution in [3.8, 4) is 45.6 Å². The van der Waals surface area contributed by atoms with Gasteiger partial charge in [-0.25, -0.2) is 0 Å². The molecule has 0 fully saturated rings. The molecule has 0 aliphatic rings. The Bertz CT molecular complexity index is 1560. The third-order valence-corrected chi connectivity index (χ3v) is 6.05. The van der Waals surface area contributed by atoms with E-state index in [2.05, 4.69) is 0 Å². The first kappa shape index (κ1) is 27.4. The SMILES string of the molecule is COc1cc(-c2cc(OC)c(O)cc2C(=O)C(=O)c2cccc(O)c2)c(C(=O)C(=O)c2cccc(O)c2)cc1O. The van der Waals surface area contributed by atoms with E-state index in [0.29, 0.717) is 0 Å². The molecule has 0 atom stereocenters. The molecule has 0 spiro atoms. The normalized spacial score (nSPS) is 10.6. The van der Waals surface area contributed by atoms with Crippen molar-refractivity contribution in [1.29, 1.82) is 0 Å². The standard InChI is InChI=1S/C30H22O10/c1-39-25-13-19(21(11-23(25)33)29(37)27(35)15-5-3-7-17(31)9-15)20-14-26(40-2)24(34)12-22(20)30(38)28(36)16-6-4-8-18(32)10-16/h3-14,31-34H,1-2H3. The zero-order chi connectivity index (χ0) is 29.1. The van der Waals surface area contributed by atoms with E-state index in [1.807, 2.05) is 0 Å². The molecule has 4 aromatic rings. The van der Waals surface area contributed by atoms with Crippen molar-refractivity contribution in [2.24, 2.45) is 0 Å². The van der Waals surface area contributed by atoms with Crippen molar-refractivity contribution >= 4 is 23.1 Å². The van der Waals surface area contributed by atoms with Gasteiger partial charge < -0.3 is 29.9 Å². The maximum Gasteiger partial charge on any atom is 0.234 e. The number of aromatic hydroxyl groups is 4. The number of rotatable bonds is 9. The number of Topliss-reactive ketones (excluding diaryl/α,β-unsaturated/α-hetero) is 4. The van der Waals surface area contributed by atoms with E-state index in [1.54, 1.807) is 0 Å². The van der Waals surface area contributed by atoms with Crippen molar-refractivity contribution < 1.29 is 49.1 Å². The molecule has 4 N–H and O–H groups in total. The number of carbonyl (C=O) groups excluding carboxylic acids is 4. The van der Waals surface area contributed by atoms with E-state index in [9.17, 15) is 39.6 Å². The number of phenols is 4. The van der Waals surface area contributed by atoms with Gasteiger partial charge in [-0.05, 0) is 59.7 Å². The molecule has 0 radical (unpaired) electrons. The van der Waals surface area contributed by atoms with E-state index in [-0.39, 0.29) is 56.4 Å². The summed E-state index contributed by atoms with van der Waals surface area (Å²) in [5.74, 6) is -6.02. The summed E-state index contributed by atoms with van der Waals surface area (Å²) in [5, 5.41) is 40.4. The van der Waals surface area contributed by atoms with Crippen molar-refractivity contribution in [2.75, 3.05) is 14.2 Å². The van der Waals surface area contributed by atoms with Crippen LogP contribution in [0.2, 0.25) is 0 Å². The van der Waals surface area contributed by atoms with Crippen LogP contribution in [0.3, 0.4) is 0 Å². The molecule has 202 valence electrons. The molecule has 0 aliphatic carbocycles. The Morgan fingerprint density at radius 1 is 0.525 bits per heavy atom. The topological polar surface area (TPSA) is 168 Å². The highest BCUT2D eigenvalue weighted by Crippen LogP contribution is 2.41. The molecule has 0 heterocycles. The van der Waals surface area contributed by atoms with Gasteiger partial charge in [0.1, 0.15) is 11.5 Å². The van der Waals surface area contributed by atoms with Crippen molar-refractivity contribution in [2.45, 2.75) is 0 Å². The first-order valence-corrected chi connectivity index (χ1v) is 11.6. The molecular formula is C30H22O10. The number of benzene rings is 4. The molecule has 0 saturated heterocycles. The molecule has 0 unspecified atom stereocenters. The van der Waals surface area contributed by atoms with Gasteiger partial charge in [0.15, 0.2) is 23.0 Å². The van der Waals surface area contributed by atoms with Crippen LogP contribution in [-0.4, -0.2) is 57.8 Å². The first-order chi connectivity index (χ1) is 19.0.